The van der Waals surface area contributed by atoms with Gasteiger partial charge in [-0.1, -0.05) is 42.5 Å². The van der Waals surface area contributed by atoms with Crippen molar-refractivity contribution in [3.8, 4) is 11.1 Å². The summed E-state index contributed by atoms with van der Waals surface area (Å²) in [4.78, 5) is 11.4. The van der Waals surface area contributed by atoms with Gasteiger partial charge in [-0.25, -0.2) is 4.79 Å². The van der Waals surface area contributed by atoms with E-state index in [1.807, 2.05) is 36.4 Å². The Balaban J connectivity index is 2.12. The van der Waals surface area contributed by atoms with Crippen LogP contribution >= 0.6 is 0 Å². The first-order valence-corrected chi connectivity index (χ1v) is 6.73. The van der Waals surface area contributed by atoms with Gasteiger partial charge in [-0.2, -0.15) is 0 Å². The molecule has 0 saturated carbocycles. The van der Waals surface area contributed by atoms with Crippen molar-refractivity contribution in [2.75, 3.05) is 5.73 Å². The van der Waals surface area contributed by atoms with E-state index in [9.17, 15) is 9.90 Å². The lowest BCUT2D eigenvalue weighted by molar-refractivity contribution is 0.0697. The number of nitrogen functional groups attached to an aromatic ring is 1. The van der Waals surface area contributed by atoms with Gasteiger partial charge in [0.2, 0.25) is 0 Å². The molecule has 0 aromatic heterocycles. The van der Waals surface area contributed by atoms with Crippen LogP contribution in [0.5, 0.6) is 0 Å². The maximum atomic E-state index is 11.4. The molecule has 1 aliphatic carbocycles. The molecule has 0 spiro atoms. The molecule has 21 heavy (non-hydrogen) atoms. The Kier molecular flexibility index (Phi) is 3.32. The molecule has 0 aliphatic heterocycles. The van der Waals surface area contributed by atoms with Gasteiger partial charge in [-0.3, -0.25) is 0 Å². The minimum atomic E-state index is -0.925. The summed E-state index contributed by atoms with van der Waals surface area (Å²) in [6, 6.07) is 12.7. The highest BCUT2D eigenvalue weighted by molar-refractivity contribution is 5.96. The van der Waals surface area contributed by atoms with E-state index < -0.39 is 5.97 Å². The molecule has 2 aromatic carbocycles. The highest BCUT2D eigenvalue weighted by atomic mass is 16.4. The summed E-state index contributed by atoms with van der Waals surface area (Å²) in [5, 5.41) is 9.39. The van der Waals surface area contributed by atoms with Crippen LogP contribution < -0.4 is 5.73 Å². The van der Waals surface area contributed by atoms with Gasteiger partial charge in [0.1, 0.15) is 0 Å². The molecule has 0 fully saturated rings. The lowest BCUT2D eigenvalue weighted by Crippen LogP contribution is -2.01. The van der Waals surface area contributed by atoms with Crippen LogP contribution in [0.4, 0.5) is 5.69 Å². The predicted octanol–water partition coefficient (Wildman–Crippen LogP) is 3.84. The van der Waals surface area contributed by atoms with Crippen LogP contribution in [0, 0.1) is 0 Å². The number of allylic oxidation sites excluding steroid dienone is 4. The predicted molar refractivity (Wildman–Crippen MR) is 84.3 cm³/mol. The minimum absolute atomic E-state index is 0.209. The lowest BCUT2D eigenvalue weighted by Gasteiger charge is -2.12. The Morgan fingerprint density at radius 1 is 1.00 bits per heavy atom. The molecule has 104 valence electrons. The lowest BCUT2D eigenvalue weighted by atomic mass is 9.92. The Labute approximate surface area is 123 Å². The largest absolute Gasteiger partial charge is 0.478 e. The highest BCUT2D eigenvalue weighted by Gasteiger charge is 2.15. The number of anilines is 1. The molecule has 0 heterocycles. The monoisotopic (exact) mass is 277 g/mol. The summed E-state index contributed by atoms with van der Waals surface area (Å²) < 4.78 is 0. The first-order valence-electron chi connectivity index (χ1n) is 6.73. The molecule has 0 radical (unpaired) electrons. The molecule has 1 aliphatic rings. The van der Waals surface area contributed by atoms with Crippen molar-refractivity contribution < 1.29 is 9.90 Å². The van der Waals surface area contributed by atoms with Gasteiger partial charge in [-0.05, 0) is 41.0 Å². The fourth-order valence-corrected chi connectivity index (χ4v) is 2.51. The SMILES string of the molecule is Nc1ccc(-c2cc(C3C=CC=C3)ccc2C(=O)O)cc1. The maximum absolute atomic E-state index is 11.4. The zero-order chi connectivity index (χ0) is 14.8. The third-order valence-corrected chi connectivity index (χ3v) is 3.63. The normalized spacial score (nSPS) is 13.7. The average Bonchev–Trinajstić information content (AvgIpc) is 3.01. The minimum Gasteiger partial charge on any atom is -0.478 e. The van der Waals surface area contributed by atoms with Gasteiger partial charge in [-0.15, -0.1) is 0 Å². The van der Waals surface area contributed by atoms with Crippen molar-refractivity contribution in [3.05, 3.63) is 77.9 Å². The number of nitrogens with two attached hydrogens (primary N) is 1. The molecule has 3 heteroatoms. The number of carboxylic acids is 1. The van der Waals surface area contributed by atoms with Crippen molar-refractivity contribution in [2.24, 2.45) is 0 Å². The average molecular weight is 277 g/mol. The van der Waals surface area contributed by atoms with E-state index in [2.05, 4.69) is 12.2 Å². The molecular weight excluding hydrogens is 262 g/mol. The van der Waals surface area contributed by atoms with Gasteiger partial charge in [0.15, 0.2) is 0 Å². The molecule has 0 atom stereocenters. The molecule has 0 bridgehead atoms. The van der Waals surface area contributed by atoms with E-state index in [0.717, 1.165) is 11.1 Å². The van der Waals surface area contributed by atoms with Crippen LogP contribution in [-0.2, 0) is 0 Å². The van der Waals surface area contributed by atoms with E-state index in [4.69, 9.17) is 5.73 Å². The van der Waals surface area contributed by atoms with Crippen LogP contribution in [0.25, 0.3) is 11.1 Å². The number of carboxylic acid groups (broad SMARTS) is 1. The Morgan fingerprint density at radius 3 is 2.29 bits per heavy atom. The standard InChI is InChI=1S/C18H15NO2/c19-15-8-5-13(6-9-15)17-11-14(12-3-1-2-4-12)7-10-16(17)18(20)21/h1-12H,19H2,(H,20,21). The number of benzene rings is 2. The van der Waals surface area contributed by atoms with Gasteiger partial charge in [0.25, 0.3) is 0 Å². The number of hydrogen-bond acceptors (Lipinski definition) is 2. The summed E-state index contributed by atoms with van der Waals surface area (Å²) in [7, 11) is 0. The number of hydrogen-bond donors (Lipinski definition) is 2. The van der Waals surface area contributed by atoms with E-state index >= 15 is 0 Å². The zero-order valence-electron chi connectivity index (χ0n) is 11.4. The van der Waals surface area contributed by atoms with E-state index in [1.54, 1.807) is 18.2 Å². The van der Waals surface area contributed by atoms with Crippen LogP contribution in [0.1, 0.15) is 21.8 Å². The van der Waals surface area contributed by atoms with Gasteiger partial charge >= 0.3 is 5.97 Å². The smallest absolute Gasteiger partial charge is 0.336 e. The summed E-state index contributed by atoms with van der Waals surface area (Å²) >= 11 is 0. The summed E-state index contributed by atoms with van der Waals surface area (Å²) in [5.74, 6) is -0.716. The van der Waals surface area contributed by atoms with E-state index in [-0.39, 0.29) is 5.92 Å². The molecule has 2 aromatic rings. The molecular formula is C18H15NO2. The number of rotatable bonds is 3. The van der Waals surface area contributed by atoms with E-state index in [0.29, 0.717) is 16.8 Å². The zero-order valence-corrected chi connectivity index (χ0v) is 11.4. The third-order valence-electron chi connectivity index (χ3n) is 3.63. The van der Waals surface area contributed by atoms with Crippen molar-refractivity contribution >= 4 is 11.7 Å². The second kappa shape index (κ2) is 5.29. The Hall–Kier alpha value is -2.81. The molecule has 3 N–H and O–H groups in total. The molecule has 0 saturated heterocycles. The Bertz CT molecular complexity index is 730. The van der Waals surface area contributed by atoms with Crippen LogP contribution in [0.2, 0.25) is 0 Å². The molecule has 3 rings (SSSR count). The van der Waals surface area contributed by atoms with Crippen molar-refractivity contribution in [1.82, 2.24) is 0 Å². The molecule has 0 amide bonds. The first-order chi connectivity index (χ1) is 10.1. The van der Waals surface area contributed by atoms with E-state index in [1.165, 1.54) is 0 Å². The van der Waals surface area contributed by atoms with Crippen LogP contribution in [0.3, 0.4) is 0 Å². The van der Waals surface area contributed by atoms with Crippen LogP contribution in [0.15, 0.2) is 66.8 Å². The van der Waals surface area contributed by atoms with Gasteiger partial charge < -0.3 is 10.8 Å². The van der Waals surface area contributed by atoms with Crippen LogP contribution in [-0.4, -0.2) is 11.1 Å². The fraction of sp³-hybridized carbons (Fsp3) is 0.0556. The van der Waals surface area contributed by atoms with Gasteiger partial charge in [0, 0.05) is 11.6 Å². The number of aromatic carboxylic acids is 1. The summed E-state index contributed by atoms with van der Waals surface area (Å²) in [6.45, 7) is 0. The second-order valence-corrected chi connectivity index (χ2v) is 5.03. The van der Waals surface area contributed by atoms with Crippen molar-refractivity contribution in [2.45, 2.75) is 5.92 Å². The quantitative estimate of drug-likeness (QED) is 0.838. The molecule has 0 unspecified atom stereocenters. The van der Waals surface area contributed by atoms with Crippen molar-refractivity contribution in [1.29, 1.82) is 0 Å². The first kappa shape index (κ1) is 13.2. The maximum Gasteiger partial charge on any atom is 0.336 e. The highest BCUT2D eigenvalue weighted by Crippen LogP contribution is 2.31. The third kappa shape index (κ3) is 2.58. The van der Waals surface area contributed by atoms with Gasteiger partial charge in [0.05, 0.1) is 5.56 Å². The molecule has 3 nitrogen and oxygen atoms in total. The number of carbonyl (C=O) groups is 1. The fourth-order valence-electron chi connectivity index (χ4n) is 2.51. The Morgan fingerprint density at radius 2 is 1.67 bits per heavy atom. The second-order valence-electron chi connectivity index (χ2n) is 5.03. The summed E-state index contributed by atoms with van der Waals surface area (Å²) in [5.41, 5.74) is 9.31. The summed E-state index contributed by atoms with van der Waals surface area (Å²) in [6.07, 6.45) is 8.17. The topological polar surface area (TPSA) is 63.3 Å². The van der Waals surface area contributed by atoms with Crippen molar-refractivity contribution in [3.63, 3.8) is 0 Å².